The van der Waals surface area contributed by atoms with Gasteiger partial charge in [0.05, 0.1) is 5.60 Å². The molecule has 0 aliphatic heterocycles. The number of halogens is 3. The van der Waals surface area contributed by atoms with Gasteiger partial charge in [0.2, 0.25) is 0 Å². The summed E-state index contributed by atoms with van der Waals surface area (Å²) >= 11 is 12.0. The largest absolute Gasteiger partial charge is 0.385 e. The molecular formula is C16H15Cl2FO. The number of aliphatic hydroxyl groups is 1. The SMILES string of the molecule is CCC(O)(Cc1ccc(Cl)cc1Cl)c1ccccc1F. The first-order valence-corrected chi connectivity index (χ1v) is 7.13. The van der Waals surface area contributed by atoms with Gasteiger partial charge in [-0.2, -0.15) is 0 Å². The summed E-state index contributed by atoms with van der Waals surface area (Å²) in [5.41, 5.74) is -0.264. The first-order chi connectivity index (χ1) is 9.46. The van der Waals surface area contributed by atoms with Gasteiger partial charge in [0, 0.05) is 22.0 Å². The van der Waals surface area contributed by atoms with Gasteiger partial charge in [-0.15, -0.1) is 0 Å². The van der Waals surface area contributed by atoms with E-state index in [4.69, 9.17) is 23.2 Å². The summed E-state index contributed by atoms with van der Waals surface area (Å²) in [7, 11) is 0. The van der Waals surface area contributed by atoms with Crippen LogP contribution in [-0.2, 0) is 12.0 Å². The summed E-state index contributed by atoms with van der Waals surface area (Å²) in [5, 5.41) is 11.8. The maximum atomic E-state index is 13.9. The molecule has 0 bridgehead atoms. The maximum Gasteiger partial charge on any atom is 0.129 e. The molecule has 1 N–H and O–H groups in total. The Morgan fingerprint density at radius 2 is 1.85 bits per heavy atom. The summed E-state index contributed by atoms with van der Waals surface area (Å²) in [5.74, 6) is -0.415. The third kappa shape index (κ3) is 3.14. The van der Waals surface area contributed by atoms with E-state index in [2.05, 4.69) is 0 Å². The Bertz CT molecular complexity index is 615. The standard InChI is InChI=1S/C16H15Cl2FO/c1-2-16(20,13-5-3-4-6-15(13)19)10-11-7-8-12(17)9-14(11)18/h3-9,20H,2,10H2,1H3. The van der Waals surface area contributed by atoms with E-state index in [1.54, 1.807) is 36.4 Å². The third-order valence-corrected chi connectivity index (χ3v) is 4.05. The smallest absolute Gasteiger partial charge is 0.129 e. The molecule has 0 saturated heterocycles. The highest BCUT2D eigenvalue weighted by molar-refractivity contribution is 6.35. The lowest BCUT2D eigenvalue weighted by Gasteiger charge is -2.28. The molecule has 0 fully saturated rings. The molecule has 0 spiro atoms. The molecule has 0 aliphatic carbocycles. The second kappa shape index (κ2) is 6.13. The van der Waals surface area contributed by atoms with Crippen molar-refractivity contribution in [1.82, 2.24) is 0 Å². The van der Waals surface area contributed by atoms with Crippen LogP contribution < -0.4 is 0 Å². The van der Waals surface area contributed by atoms with E-state index in [0.29, 0.717) is 16.5 Å². The average Bonchev–Trinajstić information content (AvgIpc) is 2.42. The fourth-order valence-corrected chi connectivity index (χ4v) is 2.70. The molecule has 20 heavy (non-hydrogen) atoms. The summed E-state index contributed by atoms with van der Waals surface area (Å²) in [6.45, 7) is 1.82. The highest BCUT2D eigenvalue weighted by atomic mass is 35.5. The Hall–Kier alpha value is -1.09. The molecule has 0 heterocycles. The van der Waals surface area contributed by atoms with Crippen molar-refractivity contribution in [2.45, 2.75) is 25.4 Å². The molecule has 2 aromatic carbocycles. The molecular weight excluding hydrogens is 298 g/mol. The number of hydrogen-bond acceptors (Lipinski definition) is 1. The minimum absolute atomic E-state index is 0.237. The van der Waals surface area contributed by atoms with Crippen molar-refractivity contribution in [3.63, 3.8) is 0 Å². The van der Waals surface area contributed by atoms with Gasteiger partial charge in [-0.3, -0.25) is 0 Å². The van der Waals surface area contributed by atoms with Gasteiger partial charge < -0.3 is 5.11 Å². The van der Waals surface area contributed by atoms with Crippen molar-refractivity contribution < 1.29 is 9.50 Å². The van der Waals surface area contributed by atoms with Crippen LogP contribution in [0.1, 0.15) is 24.5 Å². The molecule has 1 nitrogen and oxygen atoms in total. The molecule has 0 radical (unpaired) electrons. The molecule has 0 aromatic heterocycles. The quantitative estimate of drug-likeness (QED) is 0.844. The van der Waals surface area contributed by atoms with Crippen LogP contribution in [0, 0.1) is 5.82 Å². The van der Waals surface area contributed by atoms with E-state index in [9.17, 15) is 9.50 Å². The summed E-state index contributed by atoms with van der Waals surface area (Å²) in [4.78, 5) is 0. The van der Waals surface area contributed by atoms with Gasteiger partial charge in [-0.25, -0.2) is 4.39 Å². The first-order valence-electron chi connectivity index (χ1n) is 6.37. The lowest BCUT2D eigenvalue weighted by Crippen LogP contribution is -2.29. The molecule has 4 heteroatoms. The van der Waals surface area contributed by atoms with Gasteiger partial charge in [-0.05, 0) is 30.2 Å². The number of benzene rings is 2. The Morgan fingerprint density at radius 3 is 2.45 bits per heavy atom. The summed E-state index contributed by atoms with van der Waals surface area (Å²) in [6, 6.07) is 11.3. The zero-order valence-corrected chi connectivity index (χ0v) is 12.5. The minimum Gasteiger partial charge on any atom is -0.385 e. The molecule has 2 aromatic rings. The molecule has 1 atom stereocenters. The van der Waals surface area contributed by atoms with Crippen molar-refractivity contribution in [1.29, 1.82) is 0 Å². The van der Waals surface area contributed by atoms with Gasteiger partial charge in [-0.1, -0.05) is 54.4 Å². The fraction of sp³-hybridized carbons (Fsp3) is 0.250. The van der Waals surface area contributed by atoms with Gasteiger partial charge in [0.1, 0.15) is 5.82 Å². The molecule has 0 amide bonds. The van der Waals surface area contributed by atoms with Gasteiger partial charge in [0.15, 0.2) is 0 Å². The average molecular weight is 313 g/mol. The van der Waals surface area contributed by atoms with Gasteiger partial charge >= 0.3 is 0 Å². The Kier molecular flexibility index (Phi) is 4.69. The van der Waals surface area contributed by atoms with E-state index < -0.39 is 11.4 Å². The second-order valence-electron chi connectivity index (χ2n) is 4.78. The highest BCUT2D eigenvalue weighted by Gasteiger charge is 2.31. The maximum absolute atomic E-state index is 13.9. The predicted molar refractivity (Wildman–Crippen MR) is 80.8 cm³/mol. The van der Waals surface area contributed by atoms with E-state index in [1.807, 2.05) is 6.92 Å². The van der Waals surface area contributed by atoms with Crippen molar-refractivity contribution in [2.75, 3.05) is 0 Å². The zero-order valence-electron chi connectivity index (χ0n) is 11.0. The number of rotatable bonds is 4. The normalized spacial score (nSPS) is 14.1. The van der Waals surface area contributed by atoms with Crippen molar-refractivity contribution in [3.05, 3.63) is 69.5 Å². The van der Waals surface area contributed by atoms with Crippen molar-refractivity contribution >= 4 is 23.2 Å². The molecule has 106 valence electrons. The van der Waals surface area contributed by atoms with E-state index in [1.165, 1.54) is 6.07 Å². The van der Waals surface area contributed by atoms with Crippen LogP contribution >= 0.6 is 23.2 Å². The van der Waals surface area contributed by atoms with Crippen LogP contribution in [0.5, 0.6) is 0 Å². The molecule has 1 unspecified atom stereocenters. The Labute approximate surface area is 128 Å². The van der Waals surface area contributed by atoms with E-state index in [0.717, 1.165) is 5.56 Å². The van der Waals surface area contributed by atoms with Crippen molar-refractivity contribution in [3.8, 4) is 0 Å². The van der Waals surface area contributed by atoms with E-state index >= 15 is 0 Å². The number of hydrogen-bond donors (Lipinski definition) is 1. The predicted octanol–water partition coefficient (Wildman–Crippen LogP) is 4.97. The summed E-state index contributed by atoms with van der Waals surface area (Å²) in [6.07, 6.45) is 0.618. The van der Waals surface area contributed by atoms with Crippen LogP contribution in [0.3, 0.4) is 0 Å². The zero-order chi connectivity index (χ0) is 14.8. The first kappa shape index (κ1) is 15.3. The lowest BCUT2D eigenvalue weighted by molar-refractivity contribution is 0.0292. The Morgan fingerprint density at radius 1 is 1.15 bits per heavy atom. The lowest BCUT2D eigenvalue weighted by atomic mass is 9.85. The van der Waals surface area contributed by atoms with E-state index in [-0.39, 0.29) is 12.0 Å². The monoisotopic (exact) mass is 312 g/mol. The highest BCUT2D eigenvalue weighted by Crippen LogP contribution is 2.33. The fourth-order valence-electron chi connectivity index (χ4n) is 2.23. The molecule has 0 saturated carbocycles. The summed E-state index contributed by atoms with van der Waals surface area (Å²) < 4.78 is 13.9. The Balaban J connectivity index is 2.39. The third-order valence-electron chi connectivity index (χ3n) is 3.46. The van der Waals surface area contributed by atoms with Crippen LogP contribution in [0.25, 0.3) is 0 Å². The molecule has 0 aliphatic rings. The van der Waals surface area contributed by atoms with Gasteiger partial charge in [0.25, 0.3) is 0 Å². The van der Waals surface area contributed by atoms with Crippen LogP contribution in [0.2, 0.25) is 10.0 Å². The minimum atomic E-state index is -1.29. The molecule has 2 rings (SSSR count). The van der Waals surface area contributed by atoms with Crippen molar-refractivity contribution in [2.24, 2.45) is 0 Å². The van der Waals surface area contributed by atoms with Crippen LogP contribution in [-0.4, -0.2) is 5.11 Å². The van der Waals surface area contributed by atoms with Crippen LogP contribution in [0.15, 0.2) is 42.5 Å². The second-order valence-corrected chi connectivity index (χ2v) is 5.62. The van der Waals surface area contributed by atoms with Crippen LogP contribution in [0.4, 0.5) is 4.39 Å². The topological polar surface area (TPSA) is 20.2 Å².